The minimum Gasteiger partial charge on any atom is -0.332 e. The van der Waals surface area contributed by atoms with Crippen LogP contribution < -0.4 is 0 Å². The number of halogens is 2. The molecule has 21 heavy (non-hydrogen) atoms. The summed E-state index contributed by atoms with van der Waals surface area (Å²) >= 11 is 11.9. The first-order valence-electron chi connectivity index (χ1n) is 6.63. The first-order valence-corrected chi connectivity index (χ1v) is 7.38. The molecule has 2 heterocycles. The standard InChI is InChI=1S/C15H13Cl2N3O/c16-12-3-1-10(5-13(12)17)2-4-15(21)20-7-11-6-18-9-19-14(11)8-20/h1,3,5-6,9H,2,4,7-8H2. The monoisotopic (exact) mass is 321 g/mol. The smallest absolute Gasteiger partial charge is 0.223 e. The van der Waals surface area contributed by atoms with Crippen LogP contribution in [0.5, 0.6) is 0 Å². The summed E-state index contributed by atoms with van der Waals surface area (Å²) < 4.78 is 0. The summed E-state index contributed by atoms with van der Waals surface area (Å²) in [6.07, 6.45) is 4.38. The van der Waals surface area contributed by atoms with Crippen LogP contribution in [0.1, 0.15) is 23.2 Å². The van der Waals surface area contributed by atoms with Crippen molar-refractivity contribution in [2.75, 3.05) is 0 Å². The van der Waals surface area contributed by atoms with Gasteiger partial charge in [-0.1, -0.05) is 29.3 Å². The highest BCUT2D eigenvalue weighted by Gasteiger charge is 2.23. The van der Waals surface area contributed by atoms with Crippen molar-refractivity contribution in [2.24, 2.45) is 0 Å². The van der Waals surface area contributed by atoms with E-state index in [0.29, 0.717) is 36.0 Å². The van der Waals surface area contributed by atoms with Crippen LogP contribution in [-0.2, 0) is 24.3 Å². The third-order valence-electron chi connectivity index (χ3n) is 3.55. The predicted octanol–water partition coefficient (Wildman–Crippen LogP) is 3.26. The van der Waals surface area contributed by atoms with Gasteiger partial charge in [0.25, 0.3) is 0 Å². The van der Waals surface area contributed by atoms with Crippen LogP contribution in [0.4, 0.5) is 0 Å². The third-order valence-corrected chi connectivity index (χ3v) is 4.29. The minimum absolute atomic E-state index is 0.110. The van der Waals surface area contributed by atoms with E-state index in [1.54, 1.807) is 23.2 Å². The van der Waals surface area contributed by atoms with Crippen molar-refractivity contribution in [1.29, 1.82) is 0 Å². The number of aromatic nitrogens is 2. The van der Waals surface area contributed by atoms with E-state index >= 15 is 0 Å². The first-order chi connectivity index (χ1) is 10.1. The summed E-state index contributed by atoms with van der Waals surface area (Å²) in [5.41, 5.74) is 2.97. The van der Waals surface area contributed by atoms with Crippen molar-refractivity contribution < 1.29 is 4.79 Å². The van der Waals surface area contributed by atoms with Crippen molar-refractivity contribution in [1.82, 2.24) is 14.9 Å². The molecule has 1 aromatic carbocycles. The number of amides is 1. The molecule has 0 aliphatic carbocycles. The van der Waals surface area contributed by atoms with E-state index in [1.165, 1.54) is 6.33 Å². The molecule has 6 heteroatoms. The van der Waals surface area contributed by atoms with Crippen LogP contribution in [-0.4, -0.2) is 20.8 Å². The molecule has 1 aliphatic rings. The Morgan fingerprint density at radius 3 is 2.86 bits per heavy atom. The lowest BCUT2D eigenvalue weighted by molar-refractivity contribution is -0.131. The summed E-state index contributed by atoms with van der Waals surface area (Å²) in [6.45, 7) is 1.16. The van der Waals surface area contributed by atoms with Gasteiger partial charge in [0.1, 0.15) is 6.33 Å². The number of carbonyl (C=O) groups excluding carboxylic acids is 1. The van der Waals surface area contributed by atoms with Crippen LogP contribution >= 0.6 is 23.2 Å². The molecule has 0 saturated carbocycles. The van der Waals surface area contributed by atoms with Crippen molar-refractivity contribution in [3.63, 3.8) is 0 Å². The van der Waals surface area contributed by atoms with Gasteiger partial charge in [-0.25, -0.2) is 9.97 Å². The van der Waals surface area contributed by atoms with E-state index in [2.05, 4.69) is 9.97 Å². The quantitative estimate of drug-likeness (QED) is 0.871. The Hall–Kier alpha value is -1.65. The molecule has 0 unspecified atom stereocenters. The van der Waals surface area contributed by atoms with E-state index in [9.17, 15) is 4.79 Å². The van der Waals surface area contributed by atoms with Crippen molar-refractivity contribution in [3.05, 3.63) is 57.6 Å². The second kappa shape index (κ2) is 6.00. The summed E-state index contributed by atoms with van der Waals surface area (Å²) in [5, 5.41) is 1.05. The molecule has 0 spiro atoms. The first kappa shape index (κ1) is 14.3. The molecule has 0 saturated heterocycles. The number of carbonyl (C=O) groups is 1. The number of benzene rings is 1. The molecular formula is C15H13Cl2N3O. The number of hydrogen-bond acceptors (Lipinski definition) is 3. The Labute approximate surface area is 132 Å². The maximum absolute atomic E-state index is 12.3. The lowest BCUT2D eigenvalue weighted by atomic mass is 10.1. The summed E-state index contributed by atoms with van der Waals surface area (Å²) in [4.78, 5) is 22.2. The highest BCUT2D eigenvalue weighted by molar-refractivity contribution is 6.42. The molecule has 0 radical (unpaired) electrons. The van der Waals surface area contributed by atoms with E-state index in [0.717, 1.165) is 16.8 Å². The van der Waals surface area contributed by atoms with Gasteiger partial charge in [0.15, 0.2) is 0 Å². The van der Waals surface area contributed by atoms with Crippen LogP contribution in [0.25, 0.3) is 0 Å². The van der Waals surface area contributed by atoms with Gasteiger partial charge in [0.05, 0.1) is 22.3 Å². The number of hydrogen-bond donors (Lipinski definition) is 0. The Morgan fingerprint density at radius 2 is 2.10 bits per heavy atom. The van der Waals surface area contributed by atoms with Crippen LogP contribution in [0.3, 0.4) is 0 Å². The van der Waals surface area contributed by atoms with E-state index in [1.807, 2.05) is 6.07 Å². The molecule has 1 amide bonds. The molecule has 2 aromatic rings. The lowest BCUT2D eigenvalue weighted by Crippen LogP contribution is -2.25. The Balaban J connectivity index is 1.59. The number of nitrogens with zero attached hydrogens (tertiary/aromatic N) is 3. The average molecular weight is 322 g/mol. The van der Waals surface area contributed by atoms with Crippen molar-refractivity contribution in [2.45, 2.75) is 25.9 Å². The molecule has 0 N–H and O–H groups in total. The molecule has 4 nitrogen and oxygen atoms in total. The maximum Gasteiger partial charge on any atom is 0.223 e. The fraction of sp³-hybridized carbons (Fsp3) is 0.267. The maximum atomic E-state index is 12.3. The average Bonchev–Trinajstić information content (AvgIpc) is 2.92. The zero-order valence-corrected chi connectivity index (χ0v) is 12.7. The SMILES string of the molecule is O=C(CCc1ccc(Cl)c(Cl)c1)N1Cc2cncnc2C1. The second-order valence-electron chi connectivity index (χ2n) is 4.99. The molecule has 1 aliphatic heterocycles. The fourth-order valence-electron chi connectivity index (χ4n) is 2.38. The Morgan fingerprint density at radius 1 is 1.24 bits per heavy atom. The fourth-order valence-corrected chi connectivity index (χ4v) is 2.70. The number of rotatable bonds is 3. The third kappa shape index (κ3) is 3.17. The van der Waals surface area contributed by atoms with Crippen molar-refractivity contribution >= 4 is 29.1 Å². The van der Waals surface area contributed by atoms with E-state index in [4.69, 9.17) is 23.2 Å². The van der Waals surface area contributed by atoms with Gasteiger partial charge in [-0.3, -0.25) is 4.79 Å². The van der Waals surface area contributed by atoms with Gasteiger partial charge in [0, 0.05) is 24.7 Å². The number of aryl methyl sites for hydroxylation is 1. The summed E-state index contributed by atoms with van der Waals surface area (Å²) in [6, 6.07) is 5.46. The second-order valence-corrected chi connectivity index (χ2v) is 5.81. The lowest BCUT2D eigenvalue weighted by Gasteiger charge is -2.15. The zero-order chi connectivity index (χ0) is 14.8. The summed E-state index contributed by atoms with van der Waals surface area (Å²) in [5.74, 6) is 0.110. The topological polar surface area (TPSA) is 46.1 Å². The largest absolute Gasteiger partial charge is 0.332 e. The predicted molar refractivity (Wildman–Crippen MR) is 81.1 cm³/mol. The minimum atomic E-state index is 0.110. The van der Waals surface area contributed by atoms with Gasteiger partial charge < -0.3 is 4.90 Å². The summed E-state index contributed by atoms with van der Waals surface area (Å²) in [7, 11) is 0. The molecule has 3 rings (SSSR count). The highest BCUT2D eigenvalue weighted by atomic mass is 35.5. The molecule has 0 atom stereocenters. The molecule has 0 bridgehead atoms. The Bertz CT molecular complexity index is 665. The number of fused-ring (bicyclic) bond motifs is 1. The van der Waals surface area contributed by atoms with Gasteiger partial charge in [-0.15, -0.1) is 0 Å². The molecular weight excluding hydrogens is 309 g/mol. The van der Waals surface area contributed by atoms with Gasteiger partial charge in [-0.05, 0) is 24.1 Å². The van der Waals surface area contributed by atoms with Gasteiger partial charge in [0.2, 0.25) is 5.91 Å². The van der Waals surface area contributed by atoms with Crippen LogP contribution in [0.2, 0.25) is 10.0 Å². The zero-order valence-electron chi connectivity index (χ0n) is 11.2. The molecule has 0 fully saturated rings. The van der Waals surface area contributed by atoms with E-state index in [-0.39, 0.29) is 5.91 Å². The molecule has 108 valence electrons. The van der Waals surface area contributed by atoms with Gasteiger partial charge in [-0.2, -0.15) is 0 Å². The highest BCUT2D eigenvalue weighted by Crippen LogP contribution is 2.24. The van der Waals surface area contributed by atoms with Crippen LogP contribution in [0.15, 0.2) is 30.7 Å². The molecule has 1 aromatic heterocycles. The van der Waals surface area contributed by atoms with E-state index < -0.39 is 0 Å². The Kier molecular flexibility index (Phi) is 4.08. The van der Waals surface area contributed by atoms with Crippen LogP contribution in [0, 0.1) is 0 Å². The van der Waals surface area contributed by atoms with Gasteiger partial charge >= 0.3 is 0 Å². The van der Waals surface area contributed by atoms with Crippen molar-refractivity contribution in [3.8, 4) is 0 Å². The normalized spacial score (nSPS) is 13.3.